The zero-order valence-corrected chi connectivity index (χ0v) is 11.4. The first-order valence-electron chi connectivity index (χ1n) is 6.76. The number of aliphatic hydroxyl groups is 1. The molecule has 2 aromatic carbocycles. The minimum Gasteiger partial charge on any atom is -0.457 e. The van der Waals surface area contributed by atoms with Crippen LogP contribution in [0.1, 0.15) is 23.7 Å². The van der Waals surface area contributed by atoms with Crippen LogP contribution < -0.4 is 9.47 Å². The van der Waals surface area contributed by atoms with Gasteiger partial charge in [-0.1, -0.05) is 18.2 Å². The van der Waals surface area contributed by atoms with E-state index in [1.165, 1.54) is 18.2 Å². The summed E-state index contributed by atoms with van der Waals surface area (Å²) in [5.41, 5.74) is 1.69. The zero-order valence-electron chi connectivity index (χ0n) is 11.4. The second kappa shape index (κ2) is 5.53. The number of hydrogen-bond acceptors (Lipinski definition) is 3. The van der Waals surface area contributed by atoms with Crippen LogP contribution in [-0.4, -0.2) is 11.5 Å². The van der Waals surface area contributed by atoms with E-state index in [9.17, 15) is 18.3 Å². The van der Waals surface area contributed by atoms with Crippen molar-refractivity contribution in [3.63, 3.8) is 0 Å². The number of fused-ring (bicyclic) bond motifs is 1. The summed E-state index contributed by atoms with van der Waals surface area (Å²) < 4.78 is 46.2. The molecule has 0 saturated heterocycles. The quantitative estimate of drug-likeness (QED) is 0.915. The fourth-order valence-corrected chi connectivity index (χ4v) is 2.56. The second-order valence-electron chi connectivity index (χ2n) is 5.00. The number of ether oxygens (including phenoxy) is 2. The van der Waals surface area contributed by atoms with E-state index in [0.717, 1.165) is 11.1 Å². The molecule has 0 radical (unpaired) electrons. The van der Waals surface area contributed by atoms with Gasteiger partial charge < -0.3 is 14.6 Å². The van der Waals surface area contributed by atoms with Gasteiger partial charge in [0.25, 0.3) is 0 Å². The predicted molar refractivity (Wildman–Crippen MR) is 72.9 cm³/mol. The van der Waals surface area contributed by atoms with Gasteiger partial charge in [-0.2, -0.15) is 0 Å². The van der Waals surface area contributed by atoms with E-state index >= 15 is 0 Å². The molecular weight excluding hydrogens is 297 g/mol. The second-order valence-corrected chi connectivity index (χ2v) is 5.00. The van der Waals surface area contributed by atoms with Crippen molar-refractivity contribution in [2.24, 2.45) is 0 Å². The van der Waals surface area contributed by atoms with Gasteiger partial charge in [0.2, 0.25) is 0 Å². The molecule has 2 aromatic rings. The molecule has 1 N–H and O–H groups in total. The fourth-order valence-electron chi connectivity index (χ4n) is 2.56. The zero-order chi connectivity index (χ0) is 15.7. The Hall–Kier alpha value is -2.21. The lowest BCUT2D eigenvalue weighted by Gasteiger charge is -2.13. The molecule has 0 amide bonds. The van der Waals surface area contributed by atoms with Crippen LogP contribution in [0.5, 0.6) is 17.2 Å². The summed E-state index contributed by atoms with van der Waals surface area (Å²) in [5.74, 6) is 0.451. The number of aliphatic hydroxyl groups excluding tert-OH is 1. The molecule has 3 rings (SSSR count). The molecule has 1 aliphatic rings. The molecule has 0 aliphatic heterocycles. The van der Waals surface area contributed by atoms with Crippen molar-refractivity contribution in [1.29, 1.82) is 0 Å². The summed E-state index contributed by atoms with van der Waals surface area (Å²) in [6, 6.07) is 10.7. The average Bonchev–Trinajstić information content (AvgIpc) is 2.80. The molecule has 0 saturated carbocycles. The molecule has 116 valence electrons. The Morgan fingerprint density at radius 3 is 2.55 bits per heavy atom. The molecule has 1 aliphatic carbocycles. The number of benzene rings is 2. The Morgan fingerprint density at radius 2 is 1.77 bits per heavy atom. The van der Waals surface area contributed by atoms with Gasteiger partial charge in [0.1, 0.15) is 17.2 Å². The van der Waals surface area contributed by atoms with Crippen LogP contribution in [0.15, 0.2) is 42.5 Å². The minimum atomic E-state index is -4.74. The minimum absolute atomic E-state index is 0.247. The molecule has 0 fully saturated rings. The number of rotatable bonds is 3. The standard InChI is InChI=1S/C16H13F3O3/c17-16(18,19)22-11-4-1-3-10(9-11)21-15-6-2-5-12-13(15)7-8-14(12)20/h1-6,9,14,20H,7-8H2/t14-/m0/s1. The molecular formula is C16H13F3O3. The Labute approximate surface area is 124 Å². The molecule has 0 heterocycles. The average molecular weight is 310 g/mol. The van der Waals surface area contributed by atoms with E-state index in [4.69, 9.17) is 4.74 Å². The molecule has 0 bridgehead atoms. The fraction of sp³-hybridized carbons (Fsp3) is 0.250. The SMILES string of the molecule is O[C@H]1CCc2c(Oc3cccc(OC(F)(F)F)c3)cccc21. The summed E-state index contributed by atoms with van der Waals surface area (Å²) in [7, 11) is 0. The van der Waals surface area contributed by atoms with Gasteiger partial charge in [0, 0.05) is 11.6 Å². The van der Waals surface area contributed by atoms with Crippen LogP contribution in [0.2, 0.25) is 0 Å². The predicted octanol–water partition coefficient (Wildman–Crippen LogP) is 4.36. The first-order chi connectivity index (χ1) is 10.4. The first-order valence-corrected chi connectivity index (χ1v) is 6.76. The van der Waals surface area contributed by atoms with Crippen molar-refractivity contribution < 1.29 is 27.8 Å². The maximum absolute atomic E-state index is 12.2. The Balaban J connectivity index is 1.84. The van der Waals surface area contributed by atoms with E-state index in [-0.39, 0.29) is 11.5 Å². The third-order valence-corrected chi connectivity index (χ3v) is 3.46. The van der Waals surface area contributed by atoms with Gasteiger partial charge in [-0.05, 0) is 36.6 Å². The van der Waals surface area contributed by atoms with Gasteiger partial charge in [-0.15, -0.1) is 13.2 Å². The molecule has 6 heteroatoms. The Bertz CT molecular complexity index is 683. The van der Waals surface area contributed by atoms with Crippen LogP contribution in [0.25, 0.3) is 0 Å². The third-order valence-electron chi connectivity index (χ3n) is 3.46. The Kier molecular flexibility index (Phi) is 3.70. The van der Waals surface area contributed by atoms with Crippen molar-refractivity contribution in [1.82, 2.24) is 0 Å². The van der Waals surface area contributed by atoms with E-state index in [1.807, 2.05) is 6.07 Å². The van der Waals surface area contributed by atoms with Crippen LogP contribution in [-0.2, 0) is 6.42 Å². The highest BCUT2D eigenvalue weighted by molar-refractivity contribution is 5.47. The first kappa shape index (κ1) is 14.7. The topological polar surface area (TPSA) is 38.7 Å². The van der Waals surface area contributed by atoms with Crippen LogP contribution in [0, 0.1) is 0 Å². The lowest BCUT2D eigenvalue weighted by atomic mass is 10.1. The number of hydrogen-bond donors (Lipinski definition) is 1. The van der Waals surface area contributed by atoms with Gasteiger partial charge in [-0.3, -0.25) is 0 Å². The van der Waals surface area contributed by atoms with Crippen LogP contribution in [0.3, 0.4) is 0 Å². The summed E-state index contributed by atoms with van der Waals surface area (Å²) in [4.78, 5) is 0. The summed E-state index contributed by atoms with van der Waals surface area (Å²) in [5, 5.41) is 9.84. The van der Waals surface area contributed by atoms with Gasteiger partial charge in [0.15, 0.2) is 0 Å². The smallest absolute Gasteiger partial charge is 0.457 e. The normalized spacial score (nSPS) is 17.2. The molecule has 3 nitrogen and oxygen atoms in total. The highest BCUT2D eigenvalue weighted by atomic mass is 19.4. The Morgan fingerprint density at radius 1 is 1.05 bits per heavy atom. The van der Waals surface area contributed by atoms with Gasteiger partial charge in [0.05, 0.1) is 6.10 Å². The lowest BCUT2D eigenvalue weighted by molar-refractivity contribution is -0.274. The van der Waals surface area contributed by atoms with Crippen molar-refractivity contribution in [3.8, 4) is 17.2 Å². The van der Waals surface area contributed by atoms with Crippen LogP contribution >= 0.6 is 0 Å². The van der Waals surface area contributed by atoms with Crippen molar-refractivity contribution in [3.05, 3.63) is 53.6 Å². The largest absolute Gasteiger partial charge is 0.573 e. The summed E-state index contributed by atoms with van der Waals surface area (Å²) >= 11 is 0. The van der Waals surface area contributed by atoms with E-state index in [1.54, 1.807) is 18.2 Å². The number of halogens is 3. The highest BCUT2D eigenvalue weighted by Crippen LogP contribution is 2.39. The maximum Gasteiger partial charge on any atom is 0.573 e. The van der Waals surface area contributed by atoms with E-state index in [2.05, 4.69) is 4.74 Å². The molecule has 0 aromatic heterocycles. The molecule has 22 heavy (non-hydrogen) atoms. The molecule has 0 spiro atoms. The molecule has 0 unspecified atom stereocenters. The monoisotopic (exact) mass is 310 g/mol. The van der Waals surface area contributed by atoms with Crippen LogP contribution in [0.4, 0.5) is 13.2 Å². The summed E-state index contributed by atoms with van der Waals surface area (Å²) in [6.45, 7) is 0. The van der Waals surface area contributed by atoms with Crippen molar-refractivity contribution in [2.75, 3.05) is 0 Å². The number of alkyl halides is 3. The van der Waals surface area contributed by atoms with Crippen molar-refractivity contribution in [2.45, 2.75) is 25.3 Å². The van der Waals surface area contributed by atoms with E-state index < -0.39 is 12.5 Å². The van der Waals surface area contributed by atoms with Gasteiger partial charge in [-0.25, -0.2) is 0 Å². The molecule has 1 atom stereocenters. The van der Waals surface area contributed by atoms with E-state index in [0.29, 0.717) is 18.6 Å². The third kappa shape index (κ3) is 3.17. The lowest BCUT2D eigenvalue weighted by Crippen LogP contribution is -2.17. The summed E-state index contributed by atoms with van der Waals surface area (Å²) in [6.07, 6.45) is -3.96. The maximum atomic E-state index is 12.2. The van der Waals surface area contributed by atoms with Crippen molar-refractivity contribution >= 4 is 0 Å². The highest BCUT2D eigenvalue weighted by Gasteiger charge is 2.31. The van der Waals surface area contributed by atoms with Gasteiger partial charge >= 0.3 is 6.36 Å².